The van der Waals surface area contributed by atoms with Gasteiger partial charge in [0.15, 0.2) is 11.4 Å². The van der Waals surface area contributed by atoms with Gasteiger partial charge in [0, 0.05) is 32.1 Å². The Morgan fingerprint density at radius 2 is 2.09 bits per heavy atom. The Hall–Kier alpha value is -2.37. The summed E-state index contributed by atoms with van der Waals surface area (Å²) in [5.74, 6) is 0.801. The van der Waals surface area contributed by atoms with Gasteiger partial charge in [-0.25, -0.2) is 4.98 Å². The minimum Gasteiger partial charge on any atom is -0.493 e. The minimum atomic E-state index is -0.0647. The first-order chi connectivity index (χ1) is 10.7. The number of carbonyl (C=O) groups excluding carboxylic acids is 2. The molecule has 2 aromatic heterocycles. The first-order valence-electron chi connectivity index (χ1n) is 7.50. The lowest BCUT2D eigenvalue weighted by atomic mass is 10.1. The molecular formula is C16H19N3O3. The number of nitrogens with zero attached hydrogens (tertiary/aromatic N) is 3. The standard InChI is InChI=1S/C16H19N3O3/c1-3-12-14(16(21)18-9-6-11(20)7-10-18)19-8-4-5-13(22-2)15(19)17-12/h4-5,8H,3,6-7,9-10H2,1-2H3. The Labute approximate surface area is 128 Å². The lowest BCUT2D eigenvalue weighted by molar-refractivity contribution is -0.120. The highest BCUT2D eigenvalue weighted by Crippen LogP contribution is 2.24. The number of ether oxygens (including phenoxy) is 1. The van der Waals surface area contributed by atoms with E-state index in [4.69, 9.17) is 4.74 Å². The number of amides is 1. The molecule has 1 amide bonds. The number of imidazole rings is 1. The number of likely N-dealkylation sites (tertiary alicyclic amines) is 1. The Kier molecular flexibility index (Phi) is 3.83. The molecule has 0 saturated carbocycles. The lowest BCUT2D eigenvalue weighted by Gasteiger charge is -2.26. The van der Waals surface area contributed by atoms with Crippen molar-refractivity contribution in [3.05, 3.63) is 29.7 Å². The highest BCUT2D eigenvalue weighted by atomic mass is 16.5. The van der Waals surface area contributed by atoms with Gasteiger partial charge in [0.1, 0.15) is 11.5 Å². The molecule has 0 aromatic carbocycles. The van der Waals surface area contributed by atoms with Crippen molar-refractivity contribution in [2.75, 3.05) is 20.2 Å². The zero-order valence-corrected chi connectivity index (χ0v) is 12.8. The van der Waals surface area contributed by atoms with Crippen LogP contribution < -0.4 is 4.74 Å². The molecule has 0 radical (unpaired) electrons. The largest absolute Gasteiger partial charge is 0.493 e. The smallest absolute Gasteiger partial charge is 0.272 e. The Bertz CT molecular complexity index is 726. The Morgan fingerprint density at radius 1 is 1.36 bits per heavy atom. The Morgan fingerprint density at radius 3 is 2.73 bits per heavy atom. The molecular weight excluding hydrogens is 282 g/mol. The van der Waals surface area contributed by atoms with Crippen molar-refractivity contribution in [2.24, 2.45) is 0 Å². The number of rotatable bonds is 3. The number of hydrogen-bond donors (Lipinski definition) is 0. The van der Waals surface area contributed by atoms with Crippen LogP contribution >= 0.6 is 0 Å². The number of methoxy groups -OCH3 is 1. The van der Waals surface area contributed by atoms with Crippen LogP contribution in [0.2, 0.25) is 0 Å². The highest BCUT2D eigenvalue weighted by molar-refractivity contribution is 5.96. The van der Waals surface area contributed by atoms with E-state index in [9.17, 15) is 9.59 Å². The average molecular weight is 301 g/mol. The van der Waals surface area contributed by atoms with E-state index in [1.807, 2.05) is 25.3 Å². The number of ketones is 1. The van der Waals surface area contributed by atoms with Crippen LogP contribution in [0.5, 0.6) is 5.75 Å². The second-order valence-electron chi connectivity index (χ2n) is 5.36. The number of carbonyl (C=O) groups is 2. The van der Waals surface area contributed by atoms with Gasteiger partial charge < -0.3 is 9.64 Å². The van der Waals surface area contributed by atoms with Crippen molar-refractivity contribution in [3.63, 3.8) is 0 Å². The highest BCUT2D eigenvalue weighted by Gasteiger charge is 2.27. The third-order valence-electron chi connectivity index (χ3n) is 4.05. The number of aromatic nitrogens is 2. The fourth-order valence-electron chi connectivity index (χ4n) is 2.83. The van der Waals surface area contributed by atoms with Crippen molar-refractivity contribution in [1.82, 2.24) is 14.3 Å². The monoisotopic (exact) mass is 301 g/mol. The fourth-order valence-corrected chi connectivity index (χ4v) is 2.83. The van der Waals surface area contributed by atoms with Gasteiger partial charge in [-0.05, 0) is 18.6 Å². The molecule has 116 valence electrons. The molecule has 1 aliphatic rings. The van der Waals surface area contributed by atoms with E-state index in [0.717, 1.165) is 5.69 Å². The quantitative estimate of drug-likeness (QED) is 0.866. The molecule has 6 heteroatoms. The molecule has 0 N–H and O–H groups in total. The number of fused-ring (bicyclic) bond motifs is 1. The third-order valence-corrected chi connectivity index (χ3v) is 4.05. The second-order valence-corrected chi connectivity index (χ2v) is 5.36. The second kappa shape index (κ2) is 5.79. The first kappa shape index (κ1) is 14.6. The summed E-state index contributed by atoms with van der Waals surface area (Å²) in [5.41, 5.74) is 1.98. The van der Waals surface area contributed by atoms with Gasteiger partial charge in [-0.1, -0.05) is 6.92 Å². The van der Waals surface area contributed by atoms with Gasteiger partial charge in [0.05, 0.1) is 12.8 Å². The summed E-state index contributed by atoms with van der Waals surface area (Å²) >= 11 is 0. The van der Waals surface area contributed by atoms with Gasteiger partial charge in [0.25, 0.3) is 5.91 Å². The van der Waals surface area contributed by atoms with Crippen LogP contribution in [0, 0.1) is 0 Å². The molecule has 0 spiro atoms. The molecule has 0 unspecified atom stereocenters. The predicted octanol–water partition coefficient (Wildman–Crippen LogP) is 1.71. The fraction of sp³-hybridized carbons (Fsp3) is 0.438. The zero-order chi connectivity index (χ0) is 15.7. The molecule has 1 saturated heterocycles. The molecule has 22 heavy (non-hydrogen) atoms. The maximum atomic E-state index is 12.9. The van der Waals surface area contributed by atoms with Gasteiger partial charge in [-0.3, -0.25) is 14.0 Å². The van der Waals surface area contributed by atoms with E-state index in [1.54, 1.807) is 16.4 Å². The van der Waals surface area contributed by atoms with Gasteiger partial charge in [-0.2, -0.15) is 0 Å². The molecule has 0 aliphatic carbocycles. The Balaban J connectivity index is 2.05. The van der Waals surface area contributed by atoms with Gasteiger partial charge in [-0.15, -0.1) is 0 Å². The summed E-state index contributed by atoms with van der Waals surface area (Å²) in [6, 6.07) is 3.67. The number of Topliss-reactive ketones (excluding diaryl/α,β-unsaturated/α-hetero) is 1. The van der Waals surface area contributed by atoms with E-state index in [-0.39, 0.29) is 11.7 Å². The minimum absolute atomic E-state index is 0.0647. The SMILES string of the molecule is CCc1nc2c(OC)cccn2c1C(=O)N1CCC(=O)CC1. The van der Waals surface area contributed by atoms with E-state index in [1.165, 1.54) is 0 Å². The predicted molar refractivity (Wildman–Crippen MR) is 81.3 cm³/mol. The number of piperidine rings is 1. The first-order valence-corrected chi connectivity index (χ1v) is 7.50. The van der Waals surface area contributed by atoms with E-state index >= 15 is 0 Å². The van der Waals surface area contributed by atoms with Crippen molar-refractivity contribution in [2.45, 2.75) is 26.2 Å². The maximum absolute atomic E-state index is 12.9. The number of hydrogen-bond acceptors (Lipinski definition) is 4. The zero-order valence-electron chi connectivity index (χ0n) is 12.8. The van der Waals surface area contributed by atoms with Crippen molar-refractivity contribution in [1.29, 1.82) is 0 Å². The van der Waals surface area contributed by atoms with Crippen LogP contribution in [-0.4, -0.2) is 46.2 Å². The van der Waals surface area contributed by atoms with Crippen molar-refractivity contribution in [3.8, 4) is 5.75 Å². The summed E-state index contributed by atoms with van der Waals surface area (Å²) in [6.45, 7) is 2.95. The molecule has 2 aromatic rings. The van der Waals surface area contributed by atoms with Crippen LogP contribution in [0.15, 0.2) is 18.3 Å². The van der Waals surface area contributed by atoms with Gasteiger partial charge in [0.2, 0.25) is 0 Å². The normalized spacial score (nSPS) is 15.4. The number of pyridine rings is 1. The third kappa shape index (κ3) is 2.34. The number of aryl methyl sites for hydroxylation is 1. The van der Waals surface area contributed by atoms with E-state index < -0.39 is 0 Å². The molecule has 1 fully saturated rings. The van der Waals surface area contributed by atoms with Gasteiger partial charge >= 0.3 is 0 Å². The maximum Gasteiger partial charge on any atom is 0.272 e. The molecule has 0 bridgehead atoms. The topological polar surface area (TPSA) is 63.9 Å². The van der Waals surface area contributed by atoms with E-state index in [2.05, 4.69) is 4.98 Å². The van der Waals surface area contributed by atoms with Crippen molar-refractivity contribution >= 4 is 17.3 Å². The lowest BCUT2D eigenvalue weighted by Crippen LogP contribution is -2.39. The van der Waals surface area contributed by atoms with Crippen LogP contribution in [0.3, 0.4) is 0 Å². The molecule has 1 aliphatic heterocycles. The summed E-state index contributed by atoms with van der Waals surface area (Å²) in [5, 5.41) is 0. The molecule has 3 rings (SSSR count). The van der Waals surface area contributed by atoms with Crippen LogP contribution in [0.4, 0.5) is 0 Å². The summed E-state index contributed by atoms with van der Waals surface area (Å²) in [4.78, 5) is 30.5. The van der Waals surface area contributed by atoms with Crippen molar-refractivity contribution < 1.29 is 14.3 Å². The van der Waals surface area contributed by atoms with Crippen LogP contribution in [-0.2, 0) is 11.2 Å². The summed E-state index contributed by atoms with van der Waals surface area (Å²) in [6.07, 6.45) is 3.37. The molecule has 3 heterocycles. The summed E-state index contributed by atoms with van der Waals surface area (Å²) in [7, 11) is 1.59. The molecule has 0 atom stereocenters. The van der Waals surface area contributed by atoms with Crippen LogP contribution in [0.1, 0.15) is 35.9 Å². The average Bonchev–Trinajstić information content (AvgIpc) is 2.93. The van der Waals surface area contributed by atoms with E-state index in [0.29, 0.717) is 49.4 Å². The van der Waals surface area contributed by atoms with Crippen LogP contribution in [0.25, 0.3) is 5.65 Å². The summed E-state index contributed by atoms with van der Waals surface area (Å²) < 4.78 is 7.11. The molecule has 6 nitrogen and oxygen atoms in total.